The average molecular weight is 490 g/mol. The molecule has 27 heavy (non-hydrogen) atoms. The maximum Gasteiger partial charge on any atom is 0.193 e. The Kier molecular flexibility index (Phi) is 11.9. The van der Waals surface area contributed by atoms with Gasteiger partial charge in [0.1, 0.15) is 0 Å². The minimum absolute atomic E-state index is 0. The highest BCUT2D eigenvalue weighted by molar-refractivity contribution is 14.0. The first-order valence-corrected chi connectivity index (χ1v) is 9.37. The van der Waals surface area contributed by atoms with Gasteiger partial charge in [-0.25, -0.2) is 0 Å². The van der Waals surface area contributed by atoms with Crippen molar-refractivity contribution in [2.24, 2.45) is 10.9 Å². The fraction of sp³-hybridized carbons (Fsp3) is 0.650. The van der Waals surface area contributed by atoms with E-state index in [-0.39, 0.29) is 24.0 Å². The number of rotatable bonds is 9. The zero-order chi connectivity index (χ0) is 18.8. The summed E-state index contributed by atoms with van der Waals surface area (Å²) in [6, 6.07) is 8.59. The lowest BCUT2D eigenvalue weighted by Crippen LogP contribution is -2.40. The molecule has 1 aromatic rings. The summed E-state index contributed by atoms with van der Waals surface area (Å²) in [5, 5.41) is 3.53. The molecular weight excluding hydrogens is 455 g/mol. The first-order valence-electron chi connectivity index (χ1n) is 9.37. The van der Waals surface area contributed by atoms with Gasteiger partial charge in [-0.1, -0.05) is 24.3 Å². The first kappa shape index (κ1) is 24.1. The van der Waals surface area contributed by atoms with Crippen LogP contribution in [-0.4, -0.2) is 76.9 Å². The van der Waals surface area contributed by atoms with E-state index in [0.29, 0.717) is 19.1 Å². The second-order valence-electron chi connectivity index (χ2n) is 7.08. The molecule has 2 rings (SSSR count). The van der Waals surface area contributed by atoms with Gasteiger partial charge in [-0.3, -0.25) is 4.99 Å². The summed E-state index contributed by atoms with van der Waals surface area (Å²) in [5.41, 5.74) is 2.67. The van der Waals surface area contributed by atoms with Gasteiger partial charge in [0.25, 0.3) is 0 Å². The molecule has 1 atom stereocenters. The van der Waals surface area contributed by atoms with Crippen LogP contribution in [0.3, 0.4) is 0 Å². The fourth-order valence-corrected chi connectivity index (χ4v) is 3.28. The molecule has 0 saturated carbocycles. The van der Waals surface area contributed by atoms with Gasteiger partial charge in [-0.05, 0) is 31.6 Å². The van der Waals surface area contributed by atoms with Crippen molar-refractivity contribution >= 4 is 29.9 Å². The summed E-state index contributed by atoms with van der Waals surface area (Å²) in [4.78, 5) is 9.01. The van der Waals surface area contributed by atoms with Crippen molar-refractivity contribution in [3.8, 4) is 0 Å². The van der Waals surface area contributed by atoms with Gasteiger partial charge < -0.3 is 24.6 Å². The third-order valence-corrected chi connectivity index (χ3v) is 4.62. The molecular formula is C20H35IN4O2. The molecule has 154 valence electrons. The molecule has 0 aromatic heterocycles. The molecule has 1 aromatic carbocycles. The van der Waals surface area contributed by atoms with Gasteiger partial charge in [-0.15, -0.1) is 24.0 Å². The van der Waals surface area contributed by atoms with Gasteiger partial charge in [0.15, 0.2) is 5.96 Å². The van der Waals surface area contributed by atoms with Gasteiger partial charge in [0, 0.05) is 46.3 Å². The van der Waals surface area contributed by atoms with Crippen molar-refractivity contribution in [3.05, 3.63) is 35.4 Å². The van der Waals surface area contributed by atoms with Gasteiger partial charge in [-0.2, -0.15) is 0 Å². The van der Waals surface area contributed by atoms with Gasteiger partial charge in [0.05, 0.1) is 19.8 Å². The Hall–Kier alpha value is -0.900. The Morgan fingerprint density at radius 1 is 1.26 bits per heavy atom. The Balaban J connectivity index is 0.00000364. The van der Waals surface area contributed by atoms with E-state index in [1.807, 2.05) is 7.05 Å². The van der Waals surface area contributed by atoms with E-state index in [1.165, 1.54) is 11.1 Å². The summed E-state index contributed by atoms with van der Waals surface area (Å²) in [6.45, 7) is 5.88. The number of ether oxygens (including phenoxy) is 2. The van der Waals surface area contributed by atoms with E-state index in [2.05, 4.69) is 58.5 Å². The van der Waals surface area contributed by atoms with Crippen molar-refractivity contribution in [2.45, 2.75) is 19.5 Å². The molecule has 6 nitrogen and oxygen atoms in total. The SMILES string of the molecule is CN=C(NCc1ccccc1CN(C)C)N1CCC(COCCOC)C1.I. The third-order valence-electron chi connectivity index (χ3n) is 4.62. The molecule has 1 heterocycles. The monoisotopic (exact) mass is 490 g/mol. The smallest absolute Gasteiger partial charge is 0.193 e. The summed E-state index contributed by atoms with van der Waals surface area (Å²) >= 11 is 0. The highest BCUT2D eigenvalue weighted by atomic mass is 127. The number of nitrogens with one attached hydrogen (secondary N) is 1. The zero-order valence-electron chi connectivity index (χ0n) is 17.1. The van der Waals surface area contributed by atoms with Crippen LogP contribution < -0.4 is 5.32 Å². The molecule has 1 saturated heterocycles. The van der Waals surface area contributed by atoms with Crippen LogP contribution >= 0.6 is 24.0 Å². The largest absolute Gasteiger partial charge is 0.382 e. The van der Waals surface area contributed by atoms with Crippen LogP contribution in [0.25, 0.3) is 0 Å². The minimum atomic E-state index is 0. The number of aliphatic imine (C=N–C) groups is 1. The van der Waals surface area contributed by atoms with Crippen LogP contribution in [0.15, 0.2) is 29.3 Å². The number of hydrogen-bond acceptors (Lipinski definition) is 4. The molecule has 0 bridgehead atoms. The predicted octanol–water partition coefficient (Wildman–Crippen LogP) is 2.43. The molecule has 1 unspecified atom stereocenters. The summed E-state index contributed by atoms with van der Waals surface area (Å²) < 4.78 is 10.7. The quantitative estimate of drug-likeness (QED) is 0.250. The number of guanidine groups is 1. The Bertz CT molecular complexity index is 569. The van der Waals surface area contributed by atoms with Crippen molar-refractivity contribution in [1.82, 2.24) is 15.1 Å². The second-order valence-corrected chi connectivity index (χ2v) is 7.08. The number of halogens is 1. The van der Waals surface area contributed by atoms with E-state index in [1.54, 1.807) is 7.11 Å². The Labute approximate surface area is 181 Å². The number of benzene rings is 1. The number of methoxy groups -OCH3 is 1. The normalized spacial score (nSPS) is 17.3. The summed E-state index contributed by atoms with van der Waals surface area (Å²) in [6.07, 6.45) is 1.14. The number of hydrogen-bond donors (Lipinski definition) is 1. The topological polar surface area (TPSA) is 49.3 Å². The molecule has 0 aliphatic carbocycles. The predicted molar refractivity (Wildman–Crippen MR) is 122 cm³/mol. The zero-order valence-corrected chi connectivity index (χ0v) is 19.4. The van der Waals surface area contributed by atoms with Crippen molar-refractivity contribution in [3.63, 3.8) is 0 Å². The van der Waals surface area contributed by atoms with Crippen LogP contribution in [0.4, 0.5) is 0 Å². The maximum absolute atomic E-state index is 5.69. The molecule has 1 aliphatic rings. The molecule has 1 N–H and O–H groups in total. The van der Waals surface area contributed by atoms with E-state index in [9.17, 15) is 0 Å². The molecule has 0 radical (unpaired) electrons. The minimum Gasteiger partial charge on any atom is -0.382 e. The number of nitrogens with zero attached hydrogens (tertiary/aromatic N) is 3. The van der Waals surface area contributed by atoms with E-state index < -0.39 is 0 Å². The average Bonchev–Trinajstić information content (AvgIpc) is 3.09. The van der Waals surface area contributed by atoms with Crippen LogP contribution in [-0.2, 0) is 22.6 Å². The highest BCUT2D eigenvalue weighted by Crippen LogP contribution is 2.17. The second kappa shape index (κ2) is 13.3. The molecule has 1 aliphatic heterocycles. The highest BCUT2D eigenvalue weighted by Gasteiger charge is 2.25. The van der Waals surface area contributed by atoms with E-state index >= 15 is 0 Å². The van der Waals surface area contributed by atoms with Crippen LogP contribution in [0.1, 0.15) is 17.5 Å². The number of likely N-dealkylation sites (tertiary alicyclic amines) is 1. The molecule has 0 amide bonds. The van der Waals surface area contributed by atoms with Crippen molar-refractivity contribution < 1.29 is 9.47 Å². The lowest BCUT2D eigenvalue weighted by molar-refractivity contribution is 0.0536. The standard InChI is InChI=1S/C20H34N4O2.HI/c1-21-20(24-10-9-17(14-24)16-26-12-11-25-4)22-13-18-7-5-6-8-19(18)15-23(2)3;/h5-8,17H,9-16H2,1-4H3,(H,21,22);1H. The van der Waals surface area contributed by atoms with Crippen LogP contribution in [0.2, 0.25) is 0 Å². The van der Waals surface area contributed by atoms with Crippen molar-refractivity contribution in [1.29, 1.82) is 0 Å². The van der Waals surface area contributed by atoms with Gasteiger partial charge >= 0.3 is 0 Å². The molecule has 0 spiro atoms. The summed E-state index contributed by atoms with van der Waals surface area (Å²) in [7, 11) is 7.76. The first-order chi connectivity index (χ1) is 12.6. The Morgan fingerprint density at radius 2 is 2.00 bits per heavy atom. The van der Waals surface area contributed by atoms with Crippen molar-refractivity contribution in [2.75, 3.05) is 61.2 Å². The Morgan fingerprint density at radius 3 is 2.67 bits per heavy atom. The molecule has 1 fully saturated rings. The summed E-state index contributed by atoms with van der Waals surface area (Å²) in [5.74, 6) is 1.54. The van der Waals surface area contributed by atoms with E-state index in [4.69, 9.17) is 9.47 Å². The maximum atomic E-state index is 5.69. The van der Waals surface area contributed by atoms with E-state index in [0.717, 1.165) is 45.2 Å². The third kappa shape index (κ3) is 8.33. The van der Waals surface area contributed by atoms with Crippen LogP contribution in [0.5, 0.6) is 0 Å². The lowest BCUT2D eigenvalue weighted by atomic mass is 10.1. The fourth-order valence-electron chi connectivity index (χ4n) is 3.28. The molecule has 7 heteroatoms. The van der Waals surface area contributed by atoms with Crippen LogP contribution in [0, 0.1) is 5.92 Å². The lowest BCUT2D eigenvalue weighted by Gasteiger charge is -2.23. The van der Waals surface area contributed by atoms with Gasteiger partial charge in [0.2, 0.25) is 0 Å².